The molecular formula is C11H8ClFN4O2S. The molecule has 0 aliphatic heterocycles. The summed E-state index contributed by atoms with van der Waals surface area (Å²) in [6, 6.07) is 1.24. The van der Waals surface area contributed by atoms with Crippen molar-refractivity contribution in [3.05, 3.63) is 39.9 Å². The average Bonchev–Trinajstić information content (AvgIpc) is 2.89. The van der Waals surface area contributed by atoms with E-state index in [-0.39, 0.29) is 16.1 Å². The quantitative estimate of drug-likeness (QED) is 0.907. The molecule has 0 fully saturated rings. The number of nitrogens with zero attached hydrogens (tertiary/aromatic N) is 2. The molecule has 0 aromatic carbocycles. The highest BCUT2D eigenvalue weighted by Gasteiger charge is 2.18. The summed E-state index contributed by atoms with van der Waals surface area (Å²) < 4.78 is 13.6. The number of rotatable bonds is 3. The molecule has 0 atom stereocenters. The molecule has 0 unspecified atom stereocenters. The van der Waals surface area contributed by atoms with E-state index in [2.05, 4.69) is 20.6 Å². The van der Waals surface area contributed by atoms with Gasteiger partial charge in [-0.1, -0.05) is 22.9 Å². The summed E-state index contributed by atoms with van der Waals surface area (Å²) >= 11 is 6.52. The lowest BCUT2D eigenvalue weighted by Crippen LogP contribution is -2.16. The minimum Gasteiger partial charge on any atom is -0.354 e. The zero-order valence-corrected chi connectivity index (χ0v) is 11.7. The maximum atomic E-state index is 13.6. The largest absolute Gasteiger partial charge is 0.354 e. The number of halogens is 2. The highest BCUT2D eigenvalue weighted by atomic mass is 35.5. The summed E-state index contributed by atoms with van der Waals surface area (Å²) in [4.78, 5) is 31.0. The van der Waals surface area contributed by atoms with E-state index >= 15 is 0 Å². The Bertz CT molecular complexity index is 676. The fourth-order valence-electron chi connectivity index (χ4n) is 1.29. The first kappa shape index (κ1) is 14.4. The van der Waals surface area contributed by atoms with Crippen LogP contribution in [0.2, 0.25) is 5.02 Å². The maximum Gasteiger partial charge on any atom is 0.279 e. The third-order valence-electron chi connectivity index (χ3n) is 2.23. The number of carbonyl (C=O) groups is 2. The Morgan fingerprint density at radius 3 is 2.80 bits per heavy atom. The third kappa shape index (κ3) is 2.91. The molecule has 0 saturated carbocycles. The average molecular weight is 315 g/mol. The van der Waals surface area contributed by atoms with Crippen molar-refractivity contribution in [1.82, 2.24) is 15.3 Å². The van der Waals surface area contributed by atoms with Gasteiger partial charge in [-0.15, -0.1) is 0 Å². The molecule has 9 heteroatoms. The molecule has 0 aliphatic carbocycles. The lowest BCUT2D eigenvalue weighted by atomic mass is 10.3. The first-order chi connectivity index (χ1) is 9.52. The van der Waals surface area contributed by atoms with E-state index in [1.807, 2.05) is 0 Å². The number of nitrogens with one attached hydrogen (secondary N) is 2. The first-order valence-corrected chi connectivity index (χ1v) is 6.51. The van der Waals surface area contributed by atoms with E-state index in [0.29, 0.717) is 4.88 Å². The first-order valence-electron chi connectivity index (χ1n) is 5.32. The van der Waals surface area contributed by atoms with Crippen LogP contribution in [-0.2, 0) is 0 Å². The molecule has 2 amide bonds. The summed E-state index contributed by atoms with van der Waals surface area (Å²) in [6.45, 7) is 0. The van der Waals surface area contributed by atoms with Crippen molar-refractivity contribution in [2.75, 3.05) is 12.4 Å². The normalized spacial score (nSPS) is 10.2. The van der Waals surface area contributed by atoms with Crippen LogP contribution in [0.3, 0.4) is 0 Å². The maximum absolute atomic E-state index is 13.6. The van der Waals surface area contributed by atoms with Gasteiger partial charge < -0.3 is 5.32 Å². The lowest BCUT2D eigenvalue weighted by molar-refractivity contribution is 0.0965. The Hall–Kier alpha value is -2.06. The molecule has 2 aromatic heterocycles. The minimum absolute atomic E-state index is 0.162. The lowest BCUT2D eigenvalue weighted by Gasteiger charge is -2.02. The summed E-state index contributed by atoms with van der Waals surface area (Å²) in [7, 11) is 1.48. The molecule has 0 saturated heterocycles. The van der Waals surface area contributed by atoms with Crippen molar-refractivity contribution in [3.8, 4) is 0 Å². The van der Waals surface area contributed by atoms with Gasteiger partial charge in [-0.3, -0.25) is 14.9 Å². The molecule has 104 valence electrons. The second-order valence-electron chi connectivity index (χ2n) is 3.52. The molecule has 2 N–H and O–H groups in total. The van der Waals surface area contributed by atoms with Crippen molar-refractivity contribution in [3.63, 3.8) is 0 Å². The Morgan fingerprint density at radius 1 is 1.35 bits per heavy atom. The number of hydrogen-bond donors (Lipinski definition) is 2. The van der Waals surface area contributed by atoms with Crippen molar-refractivity contribution >= 4 is 39.9 Å². The summed E-state index contributed by atoms with van der Waals surface area (Å²) in [6.07, 6.45) is 2.53. The van der Waals surface area contributed by atoms with Gasteiger partial charge in [-0.25, -0.2) is 14.4 Å². The fraction of sp³-hybridized carbons (Fsp3) is 0.0909. The molecule has 2 rings (SSSR count). The number of aromatic nitrogens is 2. The van der Waals surface area contributed by atoms with Gasteiger partial charge in [0.05, 0.1) is 11.2 Å². The van der Waals surface area contributed by atoms with Gasteiger partial charge in [0.1, 0.15) is 4.88 Å². The van der Waals surface area contributed by atoms with Crippen molar-refractivity contribution in [2.45, 2.75) is 0 Å². The highest BCUT2D eigenvalue weighted by molar-refractivity contribution is 7.17. The number of hydrogen-bond acceptors (Lipinski definition) is 5. The molecule has 0 aliphatic rings. The Labute approximate surface area is 122 Å². The van der Waals surface area contributed by atoms with Gasteiger partial charge in [0.2, 0.25) is 0 Å². The van der Waals surface area contributed by atoms with E-state index in [9.17, 15) is 14.0 Å². The van der Waals surface area contributed by atoms with Crippen molar-refractivity contribution < 1.29 is 14.0 Å². The molecule has 6 nitrogen and oxygen atoms in total. The molecule has 2 aromatic rings. The van der Waals surface area contributed by atoms with Crippen LogP contribution in [0, 0.1) is 5.82 Å². The molecule has 20 heavy (non-hydrogen) atoms. The van der Waals surface area contributed by atoms with Gasteiger partial charge >= 0.3 is 0 Å². The summed E-state index contributed by atoms with van der Waals surface area (Å²) in [5.41, 5.74) is -0.436. The highest BCUT2D eigenvalue weighted by Crippen LogP contribution is 2.20. The van der Waals surface area contributed by atoms with E-state index in [1.54, 1.807) is 0 Å². The summed E-state index contributed by atoms with van der Waals surface area (Å²) in [5.74, 6) is -2.02. The van der Waals surface area contributed by atoms with Crippen LogP contribution in [0.4, 0.5) is 9.52 Å². The van der Waals surface area contributed by atoms with Gasteiger partial charge in [-0.2, -0.15) is 0 Å². The van der Waals surface area contributed by atoms with Gasteiger partial charge in [-0.05, 0) is 6.07 Å². The van der Waals surface area contributed by atoms with Crippen LogP contribution in [0.25, 0.3) is 0 Å². The number of pyridine rings is 1. The molecular weight excluding hydrogens is 307 g/mol. The van der Waals surface area contributed by atoms with E-state index in [1.165, 1.54) is 25.5 Å². The Morgan fingerprint density at radius 2 is 2.10 bits per heavy atom. The van der Waals surface area contributed by atoms with E-state index in [4.69, 9.17) is 11.6 Å². The standard InChI is InChI=1S/C11H8ClFN4O2S/c1-14-9(18)6-4-16-11(20-6)17-10(19)8-7(13)5(12)2-3-15-8/h2-4H,1H3,(H,14,18)(H,16,17,19). The molecule has 2 heterocycles. The van der Waals surface area contributed by atoms with Crippen LogP contribution in [0.1, 0.15) is 20.2 Å². The predicted octanol–water partition coefficient (Wildman–Crippen LogP) is 1.94. The van der Waals surface area contributed by atoms with Crippen molar-refractivity contribution in [1.29, 1.82) is 0 Å². The predicted molar refractivity (Wildman–Crippen MR) is 72.7 cm³/mol. The fourth-order valence-corrected chi connectivity index (χ4v) is 2.20. The number of carbonyl (C=O) groups excluding carboxylic acids is 2. The van der Waals surface area contributed by atoms with Crippen LogP contribution >= 0.6 is 22.9 Å². The van der Waals surface area contributed by atoms with Gasteiger partial charge in [0.25, 0.3) is 11.8 Å². The van der Waals surface area contributed by atoms with Gasteiger partial charge in [0.15, 0.2) is 16.6 Å². The topological polar surface area (TPSA) is 84.0 Å². The smallest absolute Gasteiger partial charge is 0.279 e. The third-order valence-corrected chi connectivity index (χ3v) is 3.44. The van der Waals surface area contributed by atoms with Crippen LogP contribution in [0.15, 0.2) is 18.5 Å². The zero-order chi connectivity index (χ0) is 14.7. The Balaban J connectivity index is 2.18. The van der Waals surface area contributed by atoms with Crippen molar-refractivity contribution in [2.24, 2.45) is 0 Å². The second kappa shape index (κ2) is 5.93. The number of thiazole rings is 1. The SMILES string of the molecule is CNC(=O)c1cnc(NC(=O)c2nccc(Cl)c2F)s1. The van der Waals surface area contributed by atoms with Gasteiger partial charge in [0, 0.05) is 13.2 Å². The Kier molecular flexibility index (Phi) is 4.26. The second-order valence-corrected chi connectivity index (χ2v) is 4.96. The number of amides is 2. The van der Waals surface area contributed by atoms with E-state index < -0.39 is 17.4 Å². The molecule has 0 radical (unpaired) electrons. The minimum atomic E-state index is -0.908. The zero-order valence-electron chi connectivity index (χ0n) is 10.1. The molecule has 0 bridgehead atoms. The summed E-state index contributed by atoms with van der Waals surface area (Å²) in [5, 5.41) is 4.74. The van der Waals surface area contributed by atoms with Crippen LogP contribution in [0.5, 0.6) is 0 Å². The van der Waals surface area contributed by atoms with Crippen LogP contribution < -0.4 is 10.6 Å². The van der Waals surface area contributed by atoms with E-state index in [0.717, 1.165) is 11.3 Å². The number of anilines is 1. The van der Waals surface area contributed by atoms with Crippen LogP contribution in [-0.4, -0.2) is 28.8 Å². The molecule has 0 spiro atoms. The monoisotopic (exact) mass is 314 g/mol.